The summed E-state index contributed by atoms with van der Waals surface area (Å²) in [4.78, 5) is 0. The van der Waals surface area contributed by atoms with Crippen molar-refractivity contribution in [1.29, 1.82) is 0 Å². The molecule has 2 aliphatic rings. The van der Waals surface area contributed by atoms with E-state index in [9.17, 15) is 27.8 Å². The van der Waals surface area contributed by atoms with E-state index in [1.165, 1.54) is 70.4 Å². The van der Waals surface area contributed by atoms with E-state index in [1.807, 2.05) is 0 Å². The molecule has 6 N–H and O–H groups in total. The number of rotatable bonds is 15. The fourth-order valence-electron chi connectivity index (χ4n) is 9.73. The van der Waals surface area contributed by atoms with Gasteiger partial charge in [0.15, 0.2) is 0 Å². The number of hydrogen-bond acceptors (Lipinski definition) is 8. The molecule has 358 valence electrons. The van der Waals surface area contributed by atoms with E-state index in [0.717, 1.165) is 63.5 Å². The van der Waals surface area contributed by atoms with E-state index < -0.39 is 47.6 Å². The molecule has 4 aromatic carbocycles. The second-order valence-corrected chi connectivity index (χ2v) is 20.8. The molecular weight excluding hydrogens is 843 g/mol. The first-order valence-corrected chi connectivity index (χ1v) is 23.7. The standard InChI is InChI=1S/C27H35F2N5O.C26H36F2N2O/c1-26(2,3)20-8-7-9-21(15-20)27(10-5-4-6-11-27)30-17-25(35)24(34-18-31-32-33-34)14-19-12-22(28)16-23(29)13-19;1-25(2,3)19-8-7-9-20(15-19)26(10-5-4-6-11-26)30-17-24(31)23(29)14-18-12-21(27)16-22(28)13-18/h7-9,12-13,15-16,18,24-25,30,35H,4-6,10-11,14,17H2,1-3H3;7-9,12-13,15-16,23-24,30-31H,4-6,10-11,14,17,29H2,1-3H3. The summed E-state index contributed by atoms with van der Waals surface area (Å²) in [6.45, 7) is 13.9. The van der Waals surface area contributed by atoms with E-state index in [2.05, 4.69) is 116 Å². The van der Waals surface area contributed by atoms with Crippen LogP contribution in [0.2, 0.25) is 0 Å². The second-order valence-electron chi connectivity index (χ2n) is 20.8. The summed E-state index contributed by atoms with van der Waals surface area (Å²) < 4.78 is 56.0. The van der Waals surface area contributed by atoms with Crippen molar-refractivity contribution >= 4 is 0 Å². The molecule has 2 aliphatic carbocycles. The third kappa shape index (κ3) is 13.6. The van der Waals surface area contributed by atoms with Crippen LogP contribution in [0.1, 0.15) is 145 Å². The van der Waals surface area contributed by atoms with Gasteiger partial charge in [0.2, 0.25) is 0 Å². The predicted molar refractivity (Wildman–Crippen MR) is 253 cm³/mol. The van der Waals surface area contributed by atoms with Gasteiger partial charge in [-0.1, -0.05) is 129 Å². The van der Waals surface area contributed by atoms with Gasteiger partial charge in [-0.05, 0) is 117 Å². The van der Waals surface area contributed by atoms with E-state index in [4.69, 9.17) is 5.73 Å². The zero-order chi connectivity index (χ0) is 47.7. The Morgan fingerprint density at radius 1 is 0.606 bits per heavy atom. The lowest BCUT2D eigenvalue weighted by Gasteiger charge is -2.41. The van der Waals surface area contributed by atoms with Gasteiger partial charge >= 0.3 is 0 Å². The van der Waals surface area contributed by atoms with Gasteiger partial charge in [-0.15, -0.1) is 5.10 Å². The maximum atomic E-state index is 13.8. The molecule has 1 heterocycles. The molecule has 66 heavy (non-hydrogen) atoms. The molecule has 2 saturated carbocycles. The summed E-state index contributed by atoms with van der Waals surface area (Å²) in [6, 6.07) is 23.1. The lowest BCUT2D eigenvalue weighted by molar-refractivity contribution is 0.0853. The zero-order valence-electron chi connectivity index (χ0n) is 39.6. The third-order valence-electron chi connectivity index (χ3n) is 13.7. The minimum absolute atomic E-state index is 0.0385. The summed E-state index contributed by atoms with van der Waals surface area (Å²) in [6.07, 6.45) is 11.0. The number of halogens is 4. The van der Waals surface area contributed by atoms with Crippen LogP contribution in [0, 0.1) is 23.3 Å². The Labute approximate surface area is 389 Å². The SMILES string of the molecule is CC(C)(C)c1cccc(C2(NCC(O)C(Cc3cc(F)cc(F)c3)n3cnnn3)CCCCC2)c1.CC(C)(C)c1cccc(C2(NCC(O)C(N)Cc3cc(F)cc(F)c3)CCCCC2)c1. The van der Waals surface area contributed by atoms with E-state index in [1.54, 1.807) is 0 Å². The topological polar surface area (TPSA) is 134 Å². The predicted octanol–water partition coefficient (Wildman–Crippen LogP) is 9.78. The maximum absolute atomic E-state index is 13.8. The largest absolute Gasteiger partial charge is 0.390 e. The summed E-state index contributed by atoms with van der Waals surface area (Å²) >= 11 is 0. The summed E-state index contributed by atoms with van der Waals surface area (Å²) in [5, 5.41) is 40.7. The molecule has 0 spiro atoms. The summed E-state index contributed by atoms with van der Waals surface area (Å²) in [7, 11) is 0. The van der Waals surface area contributed by atoms with Crippen LogP contribution in [0.3, 0.4) is 0 Å². The molecule has 4 atom stereocenters. The van der Waals surface area contributed by atoms with Gasteiger partial charge in [-0.2, -0.15) is 0 Å². The second kappa shape index (κ2) is 22.1. The number of nitrogens with zero attached hydrogens (tertiary/aromatic N) is 4. The molecule has 0 saturated heterocycles. The van der Waals surface area contributed by atoms with Crippen LogP contribution < -0.4 is 16.4 Å². The van der Waals surface area contributed by atoms with Crippen LogP contribution in [0.25, 0.3) is 0 Å². The molecular formula is C53H71F4N7O2. The molecule has 0 amide bonds. The number of nitrogens with one attached hydrogen (secondary N) is 2. The highest BCUT2D eigenvalue weighted by Gasteiger charge is 2.37. The number of aliphatic hydroxyl groups is 2. The number of nitrogens with two attached hydrogens (primary N) is 1. The molecule has 0 aliphatic heterocycles. The van der Waals surface area contributed by atoms with Crippen molar-refractivity contribution in [2.45, 2.75) is 165 Å². The highest BCUT2D eigenvalue weighted by Crippen LogP contribution is 2.40. The Morgan fingerprint density at radius 3 is 1.44 bits per heavy atom. The van der Waals surface area contributed by atoms with Crippen molar-refractivity contribution in [3.63, 3.8) is 0 Å². The van der Waals surface area contributed by atoms with Crippen LogP contribution in [0.5, 0.6) is 0 Å². The molecule has 0 radical (unpaired) electrons. The van der Waals surface area contributed by atoms with Crippen molar-refractivity contribution in [3.8, 4) is 0 Å². The first-order valence-electron chi connectivity index (χ1n) is 23.7. The Morgan fingerprint density at radius 2 is 1.03 bits per heavy atom. The van der Waals surface area contributed by atoms with Crippen LogP contribution in [-0.2, 0) is 34.7 Å². The van der Waals surface area contributed by atoms with Crippen molar-refractivity contribution in [2.75, 3.05) is 13.1 Å². The average molecular weight is 914 g/mol. The molecule has 4 unspecified atom stereocenters. The lowest BCUT2D eigenvalue weighted by Crippen LogP contribution is -2.51. The lowest BCUT2D eigenvalue weighted by atomic mass is 9.74. The van der Waals surface area contributed by atoms with Crippen molar-refractivity contribution < 1.29 is 27.8 Å². The molecule has 5 aromatic rings. The molecule has 1 aromatic heterocycles. The van der Waals surface area contributed by atoms with Crippen molar-refractivity contribution in [1.82, 2.24) is 30.8 Å². The maximum Gasteiger partial charge on any atom is 0.138 e. The van der Waals surface area contributed by atoms with Crippen molar-refractivity contribution in [3.05, 3.63) is 148 Å². The smallest absolute Gasteiger partial charge is 0.138 e. The quantitative estimate of drug-likeness (QED) is 0.0656. The number of aromatic nitrogens is 4. The first-order chi connectivity index (χ1) is 31.2. The number of aliphatic hydroxyl groups excluding tert-OH is 2. The van der Waals surface area contributed by atoms with Gasteiger partial charge in [-0.25, -0.2) is 22.2 Å². The van der Waals surface area contributed by atoms with Gasteiger partial charge in [0, 0.05) is 42.3 Å². The minimum atomic E-state index is -0.880. The number of hydrogen-bond donors (Lipinski definition) is 5. The Bertz CT molecular complexity index is 2260. The van der Waals surface area contributed by atoms with Crippen LogP contribution in [0.4, 0.5) is 17.6 Å². The van der Waals surface area contributed by atoms with Gasteiger partial charge in [-0.3, -0.25) is 0 Å². The Balaban J connectivity index is 0.000000220. The van der Waals surface area contributed by atoms with Gasteiger partial charge < -0.3 is 26.6 Å². The fraction of sp³-hybridized carbons (Fsp3) is 0.528. The minimum Gasteiger partial charge on any atom is -0.390 e. The van der Waals surface area contributed by atoms with E-state index in [0.29, 0.717) is 24.2 Å². The van der Waals surface area contributed by atoms with E-state index >= 15 is 0 Å². The molecule has 2 fully saturated rings. The molecule has 13 heteroatoms. The molecule has 7 rings (SSSR count). The highest BCUT2D eigenvalue weighted by atomic mass is 19.1. The monoisotopic (exact) mass is 914 g/mol. The molecule has 9 nitrogen and oxygen atoms in total. The Hall–Kier alpha value is -4.53. The van der Waals surface area contributed by atoms with Crippen LogP contribution >= 0.6 is 0 Å². The normalized spacial score (nSPS) is 18.1. The fourth-order valence-corrected chi connectivity index (χ4v) is 9.73. The van der Waals surface area contributed by atoms with Crippen LogP contribution in [0.15, 0.2) is 91.3 Å². The molecule has 0 bridgehead atoms. The number of benzene rings is 4. The average Bonchev–Trinajstić information content (AvgIpc) is 3.81. The van der Waals surface area contributed by atoms with Gasteiger partial charge in [0.05, 0.1) is 18.2 Å². The van der Waals surface area contributed by atoms with Crippen LogP contribution in [-0.4, -0.2) is 61.8 Å². The van der Waals surface area contributed by atoms with Gasteiger partial charge in [0.25, 0.3) is 0 Å². The highest BCUT2D eigenvalue weighted by molar-refractivity contribution is 5.35. The summed E-state index contributed by atoms with van der Waals surface area (Å²) in [5.74, 6) is -2.56. The van der Waals surface area contributed by atoms with Gasteiger partial charge in [0.1, 0.15) is 29.6 Å². The Kier molecular flexibility index (Phi) is 17.0. The van der Waals surface area contributed by atoms with Crippen molar-refractivity contribution in [2.24, 2.45) is 5.73 Å². The first kappa shape index (κ1) is 50.9. The van der Waals surface area contributed by atoms with E-state index in [-0.39, 0.29) is 34.7 Å². The third-order valence-corrected chi connectivity index (χ3v) is 13.7. The zero-order valence-corrected chi connectivity index (χ0v) is 39.6. The number of tetrazole rings is 1. The summed E-state index contributed by atoms with van der Waals surface area (Å²) in [5.41, 5.74) is 11.8.